The molecule has 0 aliphatic carbocycles. The van der Waals surface area contributed by atoms with Gasteiger partial charge in [-0.1, -0.05) is 0 Å². The molecule has 0 bridgehead atoms. The van der Waals surface area contributed by atoms with E-state index in [9.17, 15) is 4.79 Å². The first kappa shape index (κ1) is 10.3. The quantitative estimate of drug-likeness (QED) is 0.615. The van der Waals surface area contributed by atoms with Gasteiger partial charge >= 0.3 is 5.97 Å². The van der Waals surface area contributed by atoms with Gasteiger partial charge in [-0.05, 0) is 30.3 Å². The van der Waals surface area contributed by atoms with Crippen molar-refractivity contribution in [1.82, 2.24) is 4.57 Å². The van der Waals surface area contributed by atoms with E-state index in [1.807, 2.05) is 35.2 Å². The molecule has 0 spiro atoms. The van der Waals surface area contributed by atoms with Crippen LogP contribution in [0.3, 0.4) is 0 Å². The summed E-state index contributed by atoms with van der Waals surface area (Å²) < 4.78 is 6.56. The molecule has 82 valence electrons. The number of hydrogen-bond acceptors (Lipinski definition) is 3. The minimum atomic E-state index is -0.425. The smallest absolute Gasteiger partial charge is 0.340 e. The molecule has 16 heavy (non-hydrogen) atoms. The van der Waals surface area contributed by atoms with Crippen LogP contribution in [0.2, 0.25) is 0 Å². The van der Waals surface area contributed by atoms with Gasteiger partial charge in [0.25, 0.3) is 0 Å². The van der Waals surface area contributed by atoms with E-state index < -0.39 is 5.97 Å². The molecule has 0 atom stereocenters. The number of esters is 1. The van der Waals surface area contributed by atoms with Crippen molar-refractivity contribution in [2.75, 3.05) is 12.8 Å². The molecule has 0 aliphatic heterocycles. The number of nitrogen functional groups attached to an aromatic ring is 1. The fourth-order valence-electron chi connectivity index (χ4n) is 1.50. The number of ether oxygens (including phenoxy) is 1. The van der Waals surface area contributed by atoms with Gasteiger partial charge in [0.15, 0.2) is 0 Å². The summed E-state index contributed by atoms with van der Waals surface area (Å²) in [4.78, 5) is 11.4. The Balaban J connectivity index is 2.47. The Morgan fingerprint density at radius 3 is 2.62 bits per heavy atom. The third-order valence-corrected chi connectivity index (χ3v) is 2.34. The average molecular weight is 216 g/mol. The van der Waals surface area contributed by atoms with Crippen LogP contribution in [0.4, 0.5) is 5.69 Å². The number of nitrogens with zero attached hydrogens (tertiary/aromatic N) is 1. The van der Waals surface area contributed by atoms with Crippen molar-refractivity contribution in [3.05, 3.63) is 48.3 Å². The van der Waals surface area contributed by atoms with E-state index in [1.165, 1.54) is 7.11 Å². The van der Waals surface area contributed by atoms with E-state index in [2.05, 4.69) is 4.74 Å². The third kappa shape index (κ3) is 1.77. The summed E-state index contributed by atoms with van der Waals surface area (Å²) in [5.74, 6) is -0.425. The number of nitrogens with two attached hydrogens (primary N) is 1. The second-order valence-corrected chi connectivity index (χ2v) is 3.35. The van der Waals surface area contributed by atoms with Gasteiger partial charge in [0.1, 0.15) is 0 Å². The van der Waals surface area contributed by atoms with Gasteiger partial charge in [-0.3, -0.25) is 0 Å². The monoisotopic (exact) mass is 216 g/mol. The van der Waals surface area contributed by atoms with Crippen molar-refractivity contribution in [1.29, 1.82) is 0 Å². The molecule has 0 unspecified atom stereocenters. The molecule has 2 N–H and O–H groups in total. The average Bonchev–Trinajstić information content (AvgIpc) is 2.82. The minimum absolute atomic E-state index is 0.383. The van der Waals surface area contributed by atoms with Crippen molar-refractivity contribution < 1.29 is 9.53 Å². The molecule has 4 nitrogen and oxygen atoms in total. The summed E-state index contributed by atoms with van der Waals surface area (Å²) >= 11 is 0. The molecule has 0 saturated carbocycles. The summed E-state index contributed by atoms with van der Waals surface area (Å²) in [5, 5.41) is 0. The first-order chi connectivity index (χ1) is 7.72. The Hall–Kier alpha value is -2.23. The van der Waals surface area contributed by atoms with Crippen LogP contribution < -0.4 is 5.73 Å². The molecular formula is C12H12N2O2. The number of carbonyl (C=O) groups excluding carboxylic acids is 1. The first-order valence-corrected chi connectivity index (χ1v) is 4.83. The lowest BCUT2D eigenvalue weighted by molar-refractivity contribution is 0.0602. The van der Waals surface area contributed by atoms with E-state index in [0.29, 0.717) is 11.3 Å². The predicted octanol–water partition coefficient (Wildman–Crippen LogP) is 1.85. The molecule has 1 heterocycles. The number of rotatable bonds is 2. The molecule has 0 fully saturated rings. The Bertz CT molecular complexity index is 504. The molecule has 2 rings (SSSR count). The summed E-state index contributed by atoms with van der Waals surface area (Å²) in [6.45, 7) is 0. The zero-order chi connectivity index (χ0) is 11.5. The minimum Gasteiger partial charge on any atom is -0.465 e. The lowest BCUT2D eigenvalue weighted by Gasteiger charge is -2.07. The summed E-state index contributed by atoms with van der Waals surface area (Å²) in [5.41, 5.74) is 7.39. The Morgan fingerprint density at radius 2 is 2.00 bits per heavy atom. The number of hydrogen-bond donors (Lipinski definition) is 1. The highest BCUT2D eigenvalue weighted by Gasteiger charge is 2.10. The van der Waals surface area contributed by atoms with Crippen LogP contribution in [0.5, 0.6) is 0 Å². The number of aromatic nitrogens is 1. The van der Waals surface area contributed by atoms with Crippen LogP contribution in [0.25, 0.3) is 5.69 Å². The fraction of sp³-hybridized carbons (Fsp3) is 0.0833. The largest absolute Gasteiger partial charge is 0.465 e. The van der Waals surface area contributed by atoms with Crippen LogP contribution in [0.15, 0.2) is 42.7 Å². The molecule has 1 aromatic carbocycles. The van der Waals surface area contributed by atoms with E-state index in [-0.39, 0.29) is 0 Å². The van der Waals surface area contributed by atoms with Gasteiger partial charge in [0.2, 0.25) is 0 Å². The number of anilines is 1. The molecule has 1 aromatic heterocycles. The van der Waals surface area contributed by atoms with E-state index in [1.54, 1.807) is 12.1 Å². The molecule has 0 aliphatic rings. The van der Waals surface area contributed by atoms with Crippen LogP contribution in [0.1, 0.15) is 10.4 Å². The number of benzene rings is 1. The van der Waals surface area contributed by atoms with Gasteiger partial charge < -0.3 is 15.0 Å². The van der Waals surface area contributed by atoms with Crippen molar-refractivity contribution >= 4 is 11.7 Å². The maximum absolute atomic E-state index is 11.4. The number of methoxy groups -OCH3 is 1. The number of carbonyl (C=O) groups is 1. The van der Waals surface area contributed by atoms with Gasteiger partial charge in [0.05, 0.1) is 12.7 Å². The molecular weight excluding hydrogens is 204 g/mol. The predicted molar refractivity (Wildman–Crippen MR) is 61.5 cm³/mol. The Morgan fingerprint density at radius 1 is 1.31 bits per heavy atom. The zero-order valence-electron chi connectivity index (χ0n) is 8.88. The first-order valence-electron chi connectivity index (χ1n) is 4.83. The Kier molecular flexibility index (Phi) is 2.64. The molecule has 2 aromatic rings. The highest BCUT2D eigenvalue weighted by atomic mass is 16.5. The molecule has 0 radical (unpaired) electrons. The molecule has 0 saturated heterocycles. The van der Waals surface area contributed by atoms with E-state index in [0.717, 1.165) is 5.69 Å². The highest BCUT2D eigenvalue weighted by molar-refractivity contribution is 5.95. The van der Waals surface area contributed by atoms with Crippen LogP contribution >= 0.6 is 0 Å². The topological polar surface area (TPSA) is 57.2 Å². The van der Waals surface area contributed by atoms with Crippen molar-refractivity contribution in [2.45, 2.75) is 0 Å². The lowest BCUT2D eigenvalue weighted by Crippen LogP contribution is -2.06. The SMILES string of the molecule is COC(=O)c1cc(-n2cccc2)ccc1N. The van der Waals surface area contributed by atoms with E-state index in [4.69, 9.17) is 5.73 Å². The van der Waals surface area contributed by atoms with Crippen LogP contribution in [-0.4, -0.2) is 17.6 Å². The van der Waals surface area contributed by atoms with Crippen molar-refractivity contribution in [2.24, 2.45) is 0 Å². The maximum atomic E-state index is 11.4. The molecule has 4 heteroatoms. The van der Waals surface area contributed by atoms with Crippen molar-refractivity contribution in [3.63, 3.8) is 0 Å². The zero-order valence-corrected chi connectivity index (χ0v) is 8.88. The van der Waals surface area contributed by atoms with E-state index >= 15 is 0 Å². The summed E-state index contributed by atoms with van der Waals surface area (Å²) in [7, 11) is 1.34. The maximum Gasteiger partial charge on any atom is 0.340 e. The normalized spacial score (nSPS) is 10.1. The standard InChI is InChI=1S/C12H12N2O2/c1-16-12(15)10-8-9(4-5-11(10)13)14-6-2-3-7-14/h2-8H,13H2,1H3. The lowest BCUT2D eigenvalue weighted by atomic mass is 10.1. The summed E-state index contributed by atoms with van der Waals surface area (Å²) in [6.07, 6.45) is 3.79. The van der Waals surface area contributed by atoms with Gasteiger partial charge in [0, 0.05) is 23.8 Å². The van der Waals surface area contributed by atoms with Gasteiger partial charge in [-0.25, -0.2) is 4.79 Å². The van der Waals surface area contributed by atoms with Crippen molar-refractivity contribution in [3.8, 4) is 5.69 Å². The molecule has 0 amide bonds. The highest BCUT2D eigenvalue weighted by Crippen LogP contribution is 2.18. The third-order valence-electron chi connectivity index (χ3n) is 2.34. The van der Waals surface area contributed by atoms with Crippen LogP contribution in [-0.2, 0) is 4.74 Å². The second kappa shape index (κ2) is 4.10. The van der Waals surface area contributed by atoms with Crippen LogP contribution in [0, 0.1) is 0 Å². The second-order valence-electron chi connectivity index (χ2n) is 3.35. The Labute approximate surface area is 93.3 Å². The van der Waals surface area contributed by atoms with Gasteiger partial charge in [-0.2, -0.15) is 0 Å². The summed E-state index contributed by atoms with van der Waals surface area (Å²) in [6, 6.07) is 9.08. The fourth-order valence-corrected chi connectivity index (χ4v) is 1.50. The van der Waals surface area contributed by atoms with Gasteiger partial charge in [-0.15, -0.1) is 0 Å².